The Labute approximate surface area is 199 Å². The van der Waals surface area contributed by atoms with Gasteiger partial charge in [-0.3, -0.25) is 19.1 Å². The fraction of sp³-hybridized carbons (Fsp3) is 0.0833. The maximum absolute atomic E-state index is 12.8. The zero-order valence-electron chi connectivity index (χ0n) is 18.1. The predicted molar refractivity (Wildman–Crippen MR) is 131 cm³/mol. The average Bonchev–Trinajstić information content (AvgIpc) is 3.52. The number of anilines is 3. The predicted octanol–water partition coefficient (Wildman–Crippen LogP) is 4.10. The molecule has 0 atom stereocenters. The molecule has 34 heavy (non-hydrogen) atoms. The van der Waals surface area contributed by atoms with Crippen LogP contribution in [0.25, 0.3) is 0 Å². The van der Waals surface area contributed by atoms with E-state index in [1.165, 1.54) is 22.2 Å². The molecule has 3 amide bonds. The molecule has 0 spiro atoms. The van der Waals surface area contributed by atoms with E-state index in [4.69, 9.17) is 4.74 Å². The molecule has 0 aliphatic heterocycles. The molecule has 0 saturated carbocycles. The molecular weight excluding hydrogens is 454 g/mol. The molecule has 0 saturated heterocycles. The van der Waals surface area contributed by atoms with Gasteiger partial charge in [-0.15, -0.1) is 11.3 Å². The van der Waals surface area contributed by atoms with Gasteiger partial charge >= 0.3 is 0 Å². The van der Waals surface area contributed by atoms with Crippen LogP contribution in [0.4, 0.5) is 17.1 Å². The summed E-state index contributed by atoms with van der Waals surface area (Å²) in [6, 6.07) is 17.2. The highest BCUT2D eigenvalue weighted by Crippen LogP contribution is 2.20. The summed E-state index contributed by atoms with van der Waals surface area (Å²) in [5.41, 5.74) is 1.75. The molecular formula is C24H21N5O4S. The number of hydrogen-bond donors (Lipinski definition) is 3. The molecule has 0 fully saturated rings. The monoisotopic (exact) mass is 475 g/mol. The third kappa shape index (κ3) is 5.67. The SMILES string of the molecule is COc1ccc(NC(=O)Cn2cc(NC(=O)c3ccccc3NC(=O)c3cccs3)cn2)cc1. The number of nitrogens with one attached hydrogen (secondary N) is 3. The standard InChI is InChI=1S/C24H21N5O4S/c1-33-18-10-8-16(9-11-18)26-22(30)15-29-14-17(13-25-29)27-23(31)19-5-2-3-6-20(19)28-24(32)21-7-4-12-34-21/h2-14H,15H2,1H3,(H,26,30)(H,27,31)(H,28,32). The Bertz CT molecular complexity index is 1300. The van der Waals surface area contributed by atoms with Crippen LogP contribution in [0, 0.1) is 0 Å². The van der Waals surface area contributed by atoms with Crippen LogP contribution in [0.1, 0.15) is 20.0 Å². The fourth-order valence-electron chi connectivity index (χ4n) is 3.12. The molecule has 3 N–H and O–H groups in total. The second-order valence-corrected chi connectivity index (χ2v) is 8.08. The van der Waals surface area contributed by atoms with Crippen LogP contribution < -0.4 is 20.7 Å². The van der Waals surface area contributed by atoms with Crippen LogP contribution in [-0.2, 0) is 11.3 Å². The Morgan fingerprint density at radius 2 is 1.71 bits per heavy atom. The Kier molecular flexibility index (Phi) is 6.99. The van der Waals surface area contributed by atoms with E-state index in [9.17, 15) is 14.4 Å². The summed E-state index contributed by atoms with van der Waals surface area (Å²) in [4.78, 5) is 38.1. The topological polar surface area (TPSA) is 114 Å². The summed E-state index contributed by atoms with van der Waals surface area (Å²) in [5.74, 6) is -0.277. The summed E-state index contributed by atoms with van der Waals surface area (Å²) in [7, 11) is 1.57. The lowest BCUT2D eigenvalue weighted by atomic mass is 10.1. The number of ether oxygens (including phenoxy) is 1. The van der Waals surface area contributed by atoms with Gasteiger partial charge in [0, 0.05) is 11.9 Å². The van der Waals surface area contributed by atoms with E-state index >= 15 is 0 Å². The van der Waals surface area contributed by atoms with Gasteiger partial charge in [0.1, 0.15) is 12.3 Å². The largest absolute Gasteiger partial charge is 0.497 e. The Balaban J connectivity index is 1.37. The number of thiophene rings is 1. The summed E-state index contributed by atoms with van der Waals surface area (Å²) in [6.45, 7) is -0.0324. The second kappa shape index (κ2) is 10.5. The quantitative estimate of drug-likeness (QED) is 0.355. The smallest absolute Gasteiger partial charge is 0.265 e. The fourth-order valence-corrected chi connectivity index (χ4v) is 3.74. The van der Waals surface area contributed by atoms with Gasteiger partial charge in [-0.05, 0) is 47.8 Å². The number of para-hydroxylation sites is 1. The number of nitrogens with zero attached hydrogens (tertiary/aromatic N) is 2. The lowest BCUT2D eigenvalue weighted by Gasteiger charge is -2.10. The van der Waals surface area contributed by atoms with Gasteiger partial charge in [-0.1, -0.05) is 18.2 Å². The minimum Gasteiger partial charge on any atom is -0.497 e. The zero-order chi connectivity index (χ0) is 23.9. The van der Waals surface area contributed by atoms with Crippen LogP contribution in [0.15, 0.2) is 78.4 Å². The van der Waals surface area contributed by atoms with Gasteiger partial charge < -0.3 is 20.7 Å². The molecule has 172 valence electrons. The highest BCUT2D eigenvalue weighted by Gasteiger charge is 2.16. The van der Waals surface area contributed by atoms with Crippen LogP contribution in [-0.4, -0.2) is 34.6 Å². The summed E-state index contributed by atoms with van der Waals surface area (Å²) in [6.07, 6.45) is 3.00. The molecule has 2 aromatic heterocycles. The second-order valence-electron chi connectivity index (χ2n) is 7.13. The van der Waals surface area contributed by atoms with E-state index < -0.39 is 5.91 Å². The van der Waals surface area contributed by atoms with E-state index in [1.54, 1.807) is 74.0 Å². The van der Waals surface area contributed by atoms with Crippen LogP contribution in [0.3, 0.4) is 0 Å². The number of carbonyl (C=O) groups is 3. The van der Waals surface area contributed by atoms with Gasteiger partial charge in [-0.2, -0.15) is 5.10 Å². The molecule has 0 aliphatic rings. The van der Waals surface area contributed by atoms with Crippen molar-refractivity contribution in [3.63, 3.8) is 0 Å². The number of hydrogen-bond acceptors (Lipinski definition) is 6. The third-order valence-electron chi connectivity index (χ3n) is 4.74. The number of carbonyl (C=O) groups excluding carboxylic acids is 3. The van der Waals surface area contributed by atoms with E-state index in [0.29, 0.717) is 33.3 Å². The first-order chi connectivity index (χ1) is 16.5. The molecule has 9 nitrogen and oxygen atoms in total. The minimum absolute atomic E-state index is 0.0324. The van der Waals surface area contributed by atoms with E-state index in [0.717, 1.165) is 0 Å². The van der Waals surface area contributed by atoms with Crippen molar-refractivity contribution in [1.29, 1.82) is 0 Å². The van der Waals surface area contributed by atoms with Crippen molar-refractivity contribution in [1.82, 2.24) is 9.78 Å². The van der Waals surface area contributed by atoms with Gasteiger partial charge in [0.15, 0.2) is 0 Å². The first-order valence-electron chi connectivity index (χ1n) is 10.2. The van der Waals surface area contributed by atoms with E-state index in [1.807, 2.05) is 5.38 Å². The highest BCUT2D eigenvalue weighted by molar-refractivity contribution is 7.12. The number of amides is 3. The molecule has 0 radical (unpaired) electrons. The lowest BCUT2D eigenvalue weighted by molar-refractivity contribution is -0.116. The number of rotatable bonds is 8. The Morgan fingerprint density at radius 1 is 0.912 bits per heavy atom. The minimum atomic E-state index is -0.413. The van der Waals surface area contributed by atoms with Crippen LogP contribution in [0.5, 0.6) is 5.75 Å². The first-order valence-corrected chi connectivity index (χ1v) is 11.1. The normalized spacial score (nSPS) is 10.4. The molecule has 2 aromatic carbocycles. The molecule has 4 rings (SSSR count). The van der Waals surface area contributed by atoms with Crippen molar-refractivity contribution in [2.45, 2.75) is 6.54 Å². The van der Waals surface area contributed by atoms with Crippen molar-refractivity contribution in [3.05, 3.63) is 88.9 Å². The van der Waals surface area contributed by atoms with Crippen molar-refractivity contribution >= 4 is 46.1 Å². The molecule has 0 unspecified atom stereocenters. The van der Waals surface area contributed by atoms with Crippen LogP contribution in [0.2, 0.25) is 0 Å². The number of benzene rings is 2. The van der Waals surface area contributed by atoms with E-state index in [2.05, 4.69) is 21.0 Å². The highest BCUT2D eigenvalue weighted by atomic mass is 32.1. The summed E-state index contributed by atoms with van der Waals surface area (Å²) >= 11 is 1.31. The average molecular weight is 476 g/mol. The molecule has 0 bridgehead atoms. The zero-order valence-corrected chi connectivity index (χ0v) is 19.0. The number of methoxy groups -OCH3 is 1. The molecule has 0 aliphatic carbocycles. The first kappa shape index (κ1) is 22.7. The Hall–Kier alpha value is -4.44. The van der Waals surface area contributed by atoms with Gasteiger partial charge in [-0.25, -0.2) is 0 Å². The number of aromatic nitrogens is 2. The maximum atomic E-state index is 12.8. The van der Waals surface area contributed by atoms with Crippen molar-refractivity contribution in [3.8, 4) is 5.75 Å². The summed E-state index contributed by atoms with van der Waals surface area (Å²) < 4.78 is 6.51. The van der Waals surface area contributed by atoms with Gasteiger partial charge in [0.2, 0.25) is 5.91 Å². The lowest BCUT2D eigenvalue weighted by Crippen LogP contribution is -2.19. The third-order valence-corrected chi connectivity index (χ3v) is 5.60. The van der Waals surface area contributed by atoms with Crippen LogP contribution >= 0.6 is 11.3 Å². The maximum Gasteiger partial charge on any atom is 0.265 e. The molecule has 2 heterocycles. The van der Waals surface area contributed by atoms with Gasteiger partial charge in [0.25, 0.3) is 11.8 Å². The van der Waals surface area contributed by atoms with Crippen molar-refractivity contribution in [2.75, 3.05) is 23.1 Å². The summed E-state index contributed by atoms with van der Waals surface area (Å²) in [5, 5.41) is 14.2. The van der Waals surface area contributed by atoms with Gasteiger partial charge in [0.05, 0.1) is 35.1 Å². The van der Waals surface area contributed by atoms with E-state index in [-0.39, 0.29) is 18.4 Å². The molecule has 10 heteroatoms. The van der Waals surface area contributed by atoms with Crippen molar-refractivity contribution in [2.24, 2.45) is 0 Å². The van der Waals surface area contributed by atoms with Crippen molar-refractivity contribution < 1.29 is 19.1 Å². The molecule has 4 aromatic rings. The Morgan fingerprint density at radius 3 is 2.44 bits per heavy atom.